The Kier molecular flexibility index (Phi) is 4.02. The van der Waals surface area contributed by atoms with Crippen molar-refractivity contribution in [1.82, 2.24) is 4.98 Å². The molecule has 1 aromatic heterocycles. The second-order valence-corrected chi connectivity index (χ2v) is 4.32. The summed E-state index contributed by atoms with van der Waals surface area (Å²) in [6, 6.07) is 9.23. The molecule has 100 valence electrons. The van der Waals surface area contributed by atoms with Crippen molar-refractivity contribution >= 4 is 0 Å². The first kappa shape index (κ1) is 13.4. The van der Waals surface area contributed by atoms with Crippen LogP contribution in [0.5, 0.6) is 11.5 Å². The van der Waals surface area contributed by atoms with Crippen LogP contribution in [0.3, 0.4) is 0 Å². The summed E-state index contributed by atoms with van der Waals surface area (Å²) >= 11 is 0. The Morgan fingerprint density at radius 2 is 1.89 bits per heavy atom. The topological polar surface area (TPSA) is 57.4 Å². The first-order valence-corrected chi connectivity index (χ1v) is 6.05. The molecule has 1 unspecified atom stereocenters. The maximum absolute atomic E-state index is 6.29. The monoisotopic (exact) mass is 258 g/mol. The summed E-state index contributed by atoms with van der Waals surface area (Å²) in [5.41, 5.74) is 9.08. The van der Waals surface area contributed by atoms with Crippen LogP contribution in [-0.2, 0) is 0 Å². The molecule has 0 aliphatic heterocycles. The number of aromatic nitrogens is 1. The molecule has 0 aliphatic rings. The van der Waals surface area contributed by atoms with Crippen molar-refractivity contribution in [3.8, 4) is 11.5 Å². The van der Waals surface area contributed by atoms with Gasteiger partial charge in [0.1, 0.15) is 11.5 Å². The van der Waals surface area contributed by atoms with Crippen molar-refractivity contribution in [2.24, 2.45) is 5.73 Å². The smallest absolute Gasteiger partial charge is 0.124 e. The van der Waals surface area contributed by atoms with Crippen LogP contribution in [0.15, 0.2) is 36.5 Å². The minimum absolute atomic E-state index is 0.293. The molecule has 0 saturated heterocycles. The average Bonchev–Trinajstić information content (AvgIpc) is 2.46. The van der Waals surface area contributed by atoms with Crippen LogP contribution in [0, 0.1) is 6.92 Å². The van der Waals surface area contributed by atoms with Gasteiger partial charge in [0.05, 0.1) is 20.3 Å². The molecule has 0 amide bonds. The molecule has 4 heteroatoms. The zero-order valence-electron chi connectivity index (χ0n) is 11.4. The quantitative estimate of drug-likeness (QED) is 0.915. The molecule has 2 aromatic rings. The zero-order valence-corrected chi connectivity index (χ0v) is 11.4. The normalized spacial score (nSPS) is 12.0. The fourth-order valence-corrected chi connectivity index (χ4v) is 1.93. The molecule has 19 heavy (non-hydrogen) atoms. The van der Waals surface area contributed by atoms with Gasteiger partial charge in [-0.1, -0.05) is 6.07 Å². The largest absolute Gasteiger partial charge is 0.497 e. The van der Waals surface area contributed by atoms with Crippen LogP contribution >= 0.6 is 0 Å². The number of aryl methyl sites for hydroxylation is 1. The molecule has 4 nitrogen and oxygen atoms in total. The fraction of sp³-hybridized carbons (Fsp3) is 0.267. The highest BCUT2D eigenvalue weighted by Crippen LogP contribution is 2.31. The summed E-state index contributed by atoms with van der Waals surface area (Å²) in [6.07, 6.45) is 1.79. The third-order valence-electron chi connectivity index (χ3n) is 3.07. The number of ether oxygens (including phenoxy) is 2. The number of methoxy groups -OCH3 is 2. The summed E-state index contributed by atoms with van der Waals surface area (Å²) in [6.45, 7) is 1.95. The maximum Gasteiger partial charge on any atom is 0.124 e. The van der Waals surface area contributed by atoms with Crippen molar-refractivity contribution < 1.29 is 9.47 Å². The van der Waals surface area contributed by atoms with Gasteiger partial charge in [0.2, 0.25) is 0 Å². The van der Waals surface area contributed by atoms with Gasteiger partial charge in [-0.15, -0.1) is 0 Å². The minimum Gasteiger partial charge on any atom is -0.497 e. The van der Waals surface area contributed by atoms with E-state index in [1.54, 1.807) is 20.4 Å². The van der Waals surface area contributed by atoms with Crippen LogP contribution in [-0.4, -0.2) is 19.2 Å². The van der Waals surface area contributed by atoms with Crippen LogP contribution < -0.4 is 15.2 Å². The van der Waals surface area contributed by atoms with Crippen molar-refractivity contribution in [3.05, 3.63) is 53.3 Å². The highest BCUT2D eigenvalue weighted by molar-refractivity contribution is 5.45. The molecule has 1 heterocycles. The zero-order chi connectivity index (χ0) is 13.8. The van der Waals surface area contributed by atoms with Gasteiger partial charge in [-0.2, -0.15) is 0 Å². The molecule has 0 fully saturated rings. The van der Waals surface area contributed by atoms with E-state index in [4.69, 9.17) is 15.2 Å². The van der Waals surface area contributed by atoms with Gasteiger partial charge in [-0.25, -0.2) is 0 Å². The number of benzene rings is 1. The number of nitrogens with zero attached hydrogens (tertiary/aromatic N) is 1. The number of hydrogen-bond acceptors (Lipinski definition) is 4. The lowest BCUT2D eigenvalue weighted by Gasteiger charge is -2.17. The molecule has 1 atom stereocenters. The maximum atomic E-state index is 6.29. The minimum atomic E-state index is -0.293. The Balaban J connectivity index is 2.41. The van der Waals surface area contributed by atoms with Crippen LogP contribution in [0.25, 0.3) is 0 Å². The van der Waals surface area contributed by atoms with Gasteiger partial charge >= 0.3 is 0 Å². The first-order chi connectivity index (χ1) is 9.15. The molecule has 0 radical (unpaired) electrons. The molecular formula is C15H18N2O2. The highest BCUT2D eigenvalue weighted by Gasteiger charge is 2.15. The molecule has 0 aliphatic carbocycles. The average molecular weight is 258 g/mol. The van der Waals surface area contributed by atoms with E-state index in [2.05, 4.69) is 4.98 Å². The number of pyridine rings is 1. The second-order valence-electron chi connectivity index (χ2n) is 4.32. The SMILES string of the molecule is COc1ccc(OC)c(C(N)c2ccc(C)nc2)c1. The standard InChI is InChI=1S/C15H18N2O2/c1-10-4-5-11(9-17-10)15(16)13-8-12(18-2)6-7-14(13)19-3/h4-9,15H,16H2,1-3H3. The summed E-state index contributed by atoms with van der Waals surface area (Å²) in [5.74, 6) is 1.50. The predicted octanol–water partition coefficient (Wildman–Crippen LogP) is 2.46. The van der Waals surface area contributed by atoms with E-state index in [0.717, 1.165) is 28.3 Å². The lowest BCUT2D eigenvalue weighted by Crippen LogP contribution is -2.13. The Labute approximate surface area is 113 Å². The van der Waals surface area contributed by atoms with Crippen LogP contribution in [0.4, 0.5) is 0 Å². The van der Waals surface area contributed by atoms with E-state index in [9.17, 15) is 0 Å². The van der Waals surface area contributed by atoms with E-state index in [0.29, 0.717) is 0 Å². The second kappa shape index (κ2) is 5.71. The number of rotatable bonds is 4. The Morgan fingerprint density at radius 3 is 2.47 bits per heavy atom. The van der Waals surface area contributed by atoms with Crippen LogP contribution in [0.1, 0.15) is 22.9 Å². The molecule has 0 spiro atoms. The van der Waals surface area contributed by atoms with Crippen molar-refractivity contribution in [3.63, 3.8) is 0 Å². The van der Waals surface area contributed by atoms with E-state index < -0.39 is 0 Å². The summed E-state index contributed by atoms with van der Waals surface area (Å²) < 4.78 is 10.6. The van der Waals surface area contributed by atoms with Gasteiger partial charge < -0.3 is 15.2 Å². The van der Waals surface area contributed by atoms with E-state index in [1.807, 2.05) is 37.3 Å². The third-order valence-corrected chi connectivity index (χ3v) is 3.07. The van der Waals surface area contributed by atoms with Gasteiger partial charge in [0.15, 0.2) is 0 Å². The molecule has 0 saturated carbocycles. The predicted molar refractivity (Wildman–Crippen MR) is 74.6 cm³/mol. The van der Waals surface area contributed by atoms with Crippen molar-refractivity contribution in [2.75, 3.05) is 14.2 Å². The van der Waals surface area contributed by atoms with Crippen LogP contribution in [0.2, 0.25) is 0 Å². The molecule has 0 bridgehead atoms. The van der Waals surface area contributed by atoms with Gasteiger partial charge in [-0.05, 0) is 36.8 Å². The molecule has 2 rings (SSSR count). The lowest BCUT2D eigenvalue weighted by atomic mass is 9.99. The molecule has 1 aromatic carbocycles. The fourth-order valence-electron chi connectivity index (χ4n) is 1.93. The van der Waals surface area contributed by atoms with Crippen molar-refractivity contribution in [2.45, 2.75) is 13.0 Å². The number of hydrogen-bond donors (Lipinski definition) is 1. The Morgan fingerprint density at radius 1 is 1.11 bits per heavy atom. The van der Waals surface area contributed by atoms with E-state index >= 15 is 0 Å². The Bertz CT molecular complexity index is 553. The lowest BCUT2D eigenvalue weighted by molar-refractivity contribution is 0.397. The van der Waals surface area contributed by atoms with E-state index in [-0.39, 0.29) is 6.04 Å². The Hall–Kier alpha value is -2.07. The van der Waals surface area contributed by atoms with Gasteiger partial charge in [0.25, 0.3) is 0 Å². The third kappa shape index (κ3) is 2.85. The van der Waals surface area contributed by atoms with E-state index in [1.165, 1.54) is 0 Å². The number of nitrogens with two attached hydrogens (primary N) is 1. The first-order valence-electron chi connectivity index (χ1n) is 6.05. The summed E-state index contributed by atoms with van der Waals surface area (Å²) in [7, 11) is 3.26. The molecule has 2 N–H and O–H groups in total. The summed E-state index contributed by atoms with van der Waals surface area (Å²) in [4.78, 5) is 4.27. The van der Waals surface area contributed by atoms with Gasteiger partial charge in [-0.3, -0.25) is 4.98 Å². The highest BCUT2D eigenvalue weighted by atomic mass is 16.5. The molecular weight excluding hydrogens is 240 g/mol. The van der Waals surface area contributed by atoms with Crippen molar-refractivity contribution in [1.29, 1.82) is 0 Å². The van der Waals surface area contributed by atoms with Gasteiger partial charge in [0, 0.05) is 17.5 Å². The summed E-state index contributed by atoms with van der Waals surface area (Å²) in [5, 5.41) is 0.